The third-order valence-electron chi connectivity index (χ3n) is 6.96. The fraction of sp³-hybridized carbons (Fsp3) is 0.316. The van der Waals surface area contributed by atoms with E-state index in [-0.39, 0.29) is 11.5 Å². The van der Waals surface area contributed by atoms with Gasteiger partial charge in [-0.15, -0.1) is 0 Å². The highest BCUT2D eigenvalue weighted by atomic mass is 16.5. The van der Waals surface area contributed by atoms with E-state index >= 15 is 0 Å². The number of nitrogens with zero attached hydrogens (tertiary/aromatic N) is 2. The Morgan fingerprint density at radius 2 is 0.804 bits per heavy atom. The standard InChI is InChI=1S/C38H44N2O6/c41-37-27-35(45-25-11-3-9-23-43-33-13-5-1-6-14-33)19-17-31(37)29-39-21-22-40-30-32-18-20-36(28-38(32)42)46-26-12-4-10-24-44-34-15-7-2-8-16-34/h1-2,5-8,13-20,27-30,41-42H,3-4,9-12,21-26H2. The fourth-order valence-electron chi connectivity index (χ4n) is 4.44. The number of ether oxygens (including phenoxy) is 4. The Bertz CT molecular complexity index is 1360. The van der Waals surface area contributed by atoms with Gasteiger partial charge in [0.1, 0.15) is 34.5 Å². The van der Waals surface area contributed by atoms with Crippen LogP contribution in [0.1, 0.15) is 49.7 Å². The highest BCUT2D eigenvalue weighted by Gasteiger charge is 2.04. The maximum absolute atomic E-state index is 10.4. The molecular weight excluding hydrogens is 580 g/mol. The summed E-state index contributed by atoms with van der Waals surface area (Å²) in [5.74, 6) is 3.27. The molecule has 4 aromatic rings. The van der Waals surface area contributed by atoms with Gasteiger partial charge in [-0.1, -0.05) is 36.4 Å². The number of phenolic OH excluding ortho intramolecular Hbond substituents is 2. The lowest BCUT2D eigenvalue weighted by Crippen LogP contribution is -2.01. The van der Waals surface area contributed by atoms with Crippen molar-refractivity contribution in [2.24, 2.45) is 9.98 Å². The number of hydrogen-bond acceptors (Lipinski definition) is 8. The summed E-state index contributed by atoms with van der Waals surface area (Å²) in [7, 11) is 0. The summed E-state index contributed by atoms with van der Waals surface area (Å²) in [6.07, 6.45) is 8.98. The summed E-state index contributed by atoms with van der Waals surface area (Å²) in [6, 6.07) is 30.1. The highest BCUT2D eigenvalue weighted by molar-refractivity contribution is 5.84. The molecule has 0 aromatic heterocycles. The van der Waals surface area contributed by atoms with Crippen LogP contribution in [0.2, 0.25) is 0 Å². The summed E-state index contributed by atoms with van der Waals surface area (Å²) < 4.78 is 23.0. The van der Waals surface area contributed by atoms with E-state index < -0.39 is 0 Å². The van der Waals surface area contributed by atoms with Crippen LogP contribution >= 0.6 is 0 Å². The molecule has 0 heterocycles. The average molecular weight is 625 g/mol. The minimum atomic E-state index is 0.116. The molecule has 0 aliphatic carbocycles. The Labute approximate surface area is 272 Å². The zero-order valence-corrected chi connectivity index (χ0v) is 26.3. The molecule has 0 fully saturated rings. The molecule has 8 heteroatoms. The second-order valence-corrected chi connectivity index (χ2v) is 10.7. The summed E-state index contributed by atoms with van der Waals surface area (Å²) in [4.78, 5) is 8.72. The smallest absolute Gasteiger partial charge is 0.128 e. The van der Waals surface area contributed by atoms with Gasteiger partial charge in [-0.25, -0.2) is 0 Å². The molecule has 4 aromatic carbocycles. The molecule has 0 atom stereocenters. The second-order valence-electron chi connectivity index (χ2n) is 10.7. The third-order valence-corrected chi connectivity index (χ3v) is 6.96. The van der Waals surface area contributed by atoms with Crippen molar-refractivity contribution in [2.45, 2.75) is 38.5 Å². The van der Waals surface area contributed by atoms with Crippen molar-refractivity contribution in [1.29, 1.82) is 0 Å². The molecule has 0 unspecified atom stereocenters. The maximum atomic E-state index is 10.4. The molecule has 0 radical (unpaired) electrons. The van der Waals surface area contributed by atoms with E-state index in [1.807, 2.05) is 72.8 Å². The third kappa shape index (κ3) is 12.9. The van der Waals surface area contributed by atoms with Crippen LogP contribution in [0.3, 0.4) is 0 Å². The van der Waals surface area contributed by atoms with Crippen LogP contribution < -0.4 is 18.9 Å². The first-order valence-corrected chi connectivity index (χ1v) is 15.9. The van der Waals surface area contributed by atoms with Crippen molar-refractivity contribution in [1.82, 2.24) is 0 Å². The topological polar surface area (TPSA) is 102 Å². The van der Waals surface area contributed by atoms with Crippen molar-refractivity contribution >= 4 is 12.4 Å². The van der Waals surface area contributed by atoms with Gasteiger partial charge in [0.05, 0.1) is 39.5 Å². The molecule has 0 spiro atoms. The average Bonchev–Trinajstić information content (AvgIpc) is 3.08. The van der Waals surface area contributed by atoms with E-state index in [9.17, 15) is 10.2 Å². The molecule has 0 saturated carbocycles. The first-order chi connectivity index (χ1) is 22.7. The largest absolute Gasteiger partial charge is 0.507 e. The van der Waals surface area contributed by atoms with Crippen molar-refractivity contribution in [3.05, 3.63) is 108 Å². The number of benzene rings is 4. The second kappa shape index (κ2) is 20.1. The molecule has 242 valence electrons. The quantitative estimate of drug-likeness (QED) is 0.0722. The monoisotopic (exact) mass is 624 g/mol. The van der Waals surface area contributed by atoms with E-state index in [0.717, 1.165) is 50.0 Å². The number of phenols is 2. The highest BCUT2D eigenvalue weighted by Crippen LogP contribution is 2.24. The molecule has 0 aliphatic heterocycles. The SMILES string of the molecule is Oc1cc(OCCCCCOc2ccccc2)ccc1C=NCCN=Cc1ccc(OCCCCCOc2ccccc2)cc1O. The van der Waals surface area contributed by atoms with Gasteiger partial charge in [-0.3, -0.25) is 9.98 Å². The maximum Gasteiger partial charge on any atom is 0.128 e. The van der Waals surface area contributed by atoms with Crippen molar-refractivity contribution in [3.63, 3.8) is 0 Å². The van der Waals surface area contributed by atoms with Gasteiger partial charge in [0, 0.05) is 35.7 Å². The van der Waals surface area contributed by atoms with Gasteiger partial charge in [-0.2, -0.15) is 0 Å². The Morgan fingerprint density at radius 1 is 0.435 bits per heavy atom. The summed E-state index contributed by atoms with van der Waals surface area (Å²) >= 11 is 0. The molecule has 46 heavy (non-hydrogen) atoms. The fourth-order valence-corrected chi connectivity index (χ4v) is 4.44. The van der Waals surface area contributed by atoms with E-state index in [2.05, 4.69) is 9.98 Å². The lowest BCUT2D eigenvalue weighted by atomic mass is 10.2. The van der Waals surface area contributed by atoms with Crippen molar-refractivity contribution < 1.29 is 29.2 Å². The number of aromatic hydroxyl groups is 2. The van der Waals surface area contributed by atoms with Crippen molar-refractivity contribution in [3.8, 4) is 34.5 Å². The van der Waals surface area contributed by atoms with E-state index in [1.165, 1.54) is 0 Å². The lowest BCUT2D eigenvalue weighted by molar-refractivity contribution is 0.278. The predicted octanol–water partition coefficient (Wildman–Crippen LogP) is 7.89. The van der Waals surface area contributed by atoms with Gasteiger partial charge in [-0.05, 0) is 87.1 Å². The van der Waals surface area contributed by atoms with E-state index in [0.29, 0.717) is 62.1 Å². The molecule has 0 amide bonds. The first kappa shape index (κ1) is 33.9. The Balaban J connectivity index is 1.05. The molecule has 0 aliphatic rings. The lowest BCUT2D eigenvalue weighted by Gasteiger charge is -2.08. The van der Waals surface area contributed by atoms with Gasteiger partial charge >= 0.3 is 0 Å². The van der Waals surface area contributed by atoms with Crippen LogP contribution in [0.5, 0.6) is 34.5 Å². The number of hydrogen-bond donors (Lipinski definition) is 2. The van der Waals surface area contributed by atoms with Crippen LogP contribution in [0.15, 0.2) is 107 Å². The minimum Gasteiger partial charge on any atom is -0.507 e. The van der Waals surface area contributed by atoms with Crippen LogP contribution in [0.25, 0.3) is 0 Å². The van der Waals surface area contributed by atoms with Gasteiger partial charge in [0.2, 0.25) is 0 Å². The zero-order valence-electron chi connectivity index (χ0n) is 26.3. The van der Waals surface area contributed by atoms with Crippen LogP contribution in [-0.4, -0.2) is 62.2 Å². The van der Waals surface area contributed by atoms with Crippen LogP contribution in [0, 0.1) is 0 Å². The first-order valence-electron chi connectivity index (χ1n) is 15.9. The van der Waals surface area contributed by atoms with Crippen LogP contribution in [-0.2, 0) is 0 Å². The molecule has 0 saturated heterocycles. The Morgan fingerprint density at radius 3 is 1.17 bits per heavy atom. The number of rotatable bonds is 21. The van der Waals surface area contributed by atoms with Gasteiger partial charge in [0.15, 0.2) is 0 Å². The summed E-state index contributed by atoms with van der Waals surface area (Å²) in [5.41, 5.74) is 1.23. The van der Waals surface area contributed by atoms with Gasteiger partial charge in [0.25, 0.3) is 0 Å². The normalized spacial score (nSPS) is 11.2. The number of unbranched alkanes of at least 4 members (excludes halogenated alkanes) is 4. The number of para-hydroxylation sites is 2. The molecule has 2 N–H and O–H groups in total. The number of aliphatic imine (C=N–C) groups is 2. The Hall–Kier alpha value is -4.98. The van der Waals surface area contributed by atoms with E-state index in [1.54, 1.807) is 36.7 Å². The molecule has 0 bridgehead atoms. The summed E-state index contributed by atoms with van der Waals surface area (Å²) in [6.45, 7) is 3.41. The van der Waals surface area contributed by atoms with Crippen molar-refractivity contribution in [2.75, 3.05) is 39.5 Å². The van der Waals surface area contributed by atoms with Gasteiger partial charge < -0.3 is 29.2 Å². The van der Waals surface area contributed by atoms with E-state index in [4.69, 9.17) is 18.9 Å². The minimum absolute atomic E-state index is 0.116. The Kier molecular flexibility index (Phi) is 14.8. The zero-order chi connectivity index (χ0) is 32.1. The molecular formula is C38H44N2O6. The molecule has 4 rings (SSSR count). The predicted molar refractivity (Wildman–Crippen MR) is 184 cm³/mol. The molecule has 8 nitrogen and oxygen atoms in total. The van der Waals surface area contributed by atoms with Crippen LogP contribution in [0.4, 0.5) is 0 Å². The summed E-state index contributed by atoms with van der Waals surface area (Å²) in [5, 5.41) is 20.7.